The summed E-state index contributed by atoms with van der Waals surface area (Å²) >= 11 is 0. The van der Waals surface area contributed by atoms with Gasteiger partial charge in [0.15, 0.2) is 11.5 Å². The Balaban J connectivity index is 1.24. The molecule has 0 radical (unpaired) electrons. The van der Waals surface area contributed by atoms with E-state index in [2.05, 4.69) is 15.2 Å². The van der Waals surface area contributed by atoms with Crippen LogP contribution in [0.1, 0.15) is 25.2 Å². The number of alkyl halides is 1. The van der Waals surface area contributed by atoms with E-state index in [9.17, 15) is 9.50 Å². The molecule has 2 aliphatic rings. The number of hydrogen-bond donors (Lipinski definition) is 2. The number of hydrogen-bond acceptors (Lipinski definition) is 7. The summed E-state index contributed by atoms with van der Waals surface area (Å²) < 4.78 is 18.7. The molecule has 3 aromatic heterocycles. The number of oxazole rings is 1. The molecule has 164 valence electrons. The highest BCUT2D eigenvalue weighted by atomic mass is 19.1. The quantitative estimate of drug-likeness (QED) is 0.501. The van der Waals surface area contributed by atoms with Gasteiger partial charge < -0.3 is 19.7 Å². The SMILES string of the molecule is Cc1nc2cc(O)c(-c3ccc4nc(N5CC[C@H](NC6CC(F)C6)C5)ccc4n3)cc2o1. The number of aromatic nitrogens is 3. The van der Waals surface area contributed by atoms with Crippen LogP contribution in [-0.2, 0) is 0 Å². The number of halogens is 1. The minimum absolute atomic E-state index is 0.114. The summed E-state index contributed by atoms with van der Waals surface area (Å²) in [4.78, 5) is 16.1. The fourth-order valence-electron chi connectivity index (χ4n) is 4.73. The summed E-state index contributed by atoms with van der Waals surface area (Å²) in [6.45, 7) is 3.58. The van der Waals surface area contributed by atoms with Gasteiger partial charge in [-0.15, -0.1) is 0 Å². The number of anilines is 1. The molecule has 1 aliphatic heterocycles. The molecule has 1 saturated carbocycles. The Morgan fingerprint density at radius 2 is 1.84 bits per heavy atom. The minimum Gasteiger partial charge on any atom is -0.507 e. The van der Waals surface area contributed by atoms with Gasteiger partial charge in [0.2, 0.25) is 0 Å². The van der Waals surface area contributed by atoms with Crippen LogP contribution in [0.4, 0.5) is 10.2 Å². The van der Waals surface area contributed by atoms with Crippen molar-refractivity contribution >= 4 is 28.0 Å². The van der Waals surface area contributed by atoms with Crippen LogP contribution in [0, 0.1) is 6.92 Å². The summed E-state index contributed by atoms with van der Waals surface area (Å²) in [6.07, 6.45) is 1.68. The summed E-state index contributed by atoms with van der Waals surface area (Å²) in [7, 11) is 0. The van der Waals surface area contributed by atoms with Crippen molar-refractivity contribution in [2.45, 2.75) is 44.4 Å². The molecule has 0 spiro atoms. The van der Waals surface area contributed by atoms with Crippen molar-refractivity contribution < 1.29 is 13.9 Å². The van der Waals surface area contributed by atoms with Gasteiger partial charge in [0.05, 0.1) is 16.7 Å². The molecular formula is C24H24FN5O2. The number of aryl methyl sites for hydroxylation is 1. The zero-order chi connectivity index (χ0) is 21.8. The monoisotopic (exact) mass is 433 g/mol. The summed E-state index contributed by atoms with van der Waals surface area (Å²) in [6, 6.07) is 11.8. The van der Waals surface area contributed by atoms with Crippen molar-refractivity contribution in [3.8, 4) is 17.0 Å². The van der Waals surface area contributed by atoms with E-state index < -0.39 is 6.17 Å². The van der Waals surface area contributed by atoms with Gasteiger partial charge in [-0.3, -0.25) is 0 Å². The van der Waals surface area contributed by atoms with E-state index in [-0.39, 0.29) is 5.75 Å². The Hall–Kier alpha value is -3.26. The molecule has 1 saturated heterocycles. The Bertz CT molecular complexity index is 1320. The number of phenols is 1. The normalized spacial score (nSPS) is 23.2. The van der Waals surface area contributed by atoms with Gasteiger partial charge in [0.25, 0.3) is 0 Å². The van der Waals surface area contributed by atoms with Gasteiger partial charge in [-0.1, -0.05) is 0 Å². The molecule has 4 heterocycles. The van der Waals surface area contributed by atoms with Crippen LogP contribution in [0.15, 0.2) is 40.8 Å². The Kier molecular flexibility index (Phi) is 4.50. The molecular weight excluding hydrogens is 409 g/mol. The highest BCUT2D eigenvalue weighted by Gasteiger charge is 2.33. The second-order valence-electron chi connectivity index (χ2n) is 8.84. The smallest absolute Gasteiger partial charge is 0.192 e. The predicted octanol–water partition coefficient (Wildman–Crippen LogP) is 4.12. The molecule has 1 atom stereocenters. The number of pyridine rings is 2. The van der Waals surface area contributed by atoms with Crippen LogP contribution in [0.5, 0.6) is 5.75 Å². The lowest BCUT2D eigenvalue weighted by Gasteiger charge is -2.33. The van der Waals surface area contributed by atoms with E-state index in [0.29, 0.717) is 53.2 Å². The van der Waals surface area contributed by atoms with Crippen LogP contribution >= 0.6 is 0 Å². The average molecular weight is 433 g/mol. The van der Waals surface area contributed by atoms with Crippen molar-refractivity contribution in [2.75, 3.05) is 18.0 Å². The number of rotatable bonds is 4. The third kappa shape index (κ3) is 3.44. The lowest BCUT2D eigenvalue weighted by Crippen LogP contribution is -2.48. The fourth-order valence-corrected chi connectivity index (χ4v) is 4.73. The van der Waals surface area contributed by atoms with Crippen molar-refractivity contribution in [2.24, 2.45) is 0 Å². The number of nitrogens with one attached hydrogen (secondary N) is 1. The largest absolute Gasteiger partial charge is 0.507 e. The Morgan fingerprint density at radius 1 is 1.03 bits per heavy atom. The van der Waals surface area contributed by atoms with Crippen LogP contribution in [-0.4, -0.2) is 51.4 Å². The van der Waals surface area contributed by atoms with Crippen LogP contribution in [0.2, 0.25) is 0 Å². The molecule has 6 rings (SSSR count). The highest BCUT2D eigenvalue weighted by molar-refractivity contribution is 5.86. The first-order valence-corrected chi connectivity index (χ1v) is 11.1. The van der Waals surface area contributed by atoms with Gasteiger partial charge >= 0.3 is 0 Å². The second-order valence-corrected chi connectivity index (χ2v) is 8.84. The third-order valence-electron chi connectivity index (χ3n) is 6.48. The lowest BCUT2D eigenvalue weighted by molar-refractivity contribution is 0.148. The van der Waals surface area contributed by atoms with Gasteiger partial charge in [0, 0.05) is 43.7 Å². The first-order chi connectivity index (χ1) is 15.5. The van der Waals surface area contributed by atoms with E-state index in [1.165, 1.54) is 0 Å². The molecule has 8 heteroatoms. The summed E-state index contributed by atoms with van der Waals surface area (Å²) in [5.41, 5.74) is 4.05. The van der Waals surface area contributed by atoms with E-state index in [1.807, 2.05) is 24.3 Å². The third-order valence-corrected chi connectivity index (χ3v) is 6.48. The minimum atomic E-state index is -0.631. The maximum Gasteiger partial charge on any atom is 0.192 e. The lowest BCUT2D eigenvalue weighted by atomic mass is 9.90. The van der Waals surface area contributed by atoms with E-state index in [4.69, 9.17) is 14.4 Å². The molecule has 1 aromatic carbocycles. The maximum absolute atomic E-state index is 13.1. The number of nitrogens with zero attached hydrogens (tertiary/aromatic N) is 4. The van der Waals surface area contributed by atoms with Crippen molar-refractivity contribution in [3.05, 3.63) is 42.3 Å². The molecule has 0 unspecified atom stereocenters. The molecule has 0 amide bonds. The van der Waals surface area contributed by atoms with Gasteiger partial charge in [-0.25, -0.2) is 19.3 Å². The molecule has 32 heavy (non-hydrogen) atoms. The van der Waals surface area contributed by atoms with E-state index >= 15 is 0 Å². The zero-order valence-electron chi connectivity index (χ0n) is 17.8. The highest BCUT2D eigenvalue weighted by Crippen LogP contribution is 2.34. The number of aromatic hydroxyl groups is 1. The number of phenolic OH excluding ortho intramolecular Hbond substituents is 1. The van der Waals surface area contributed by atoms with E-state index in [0.717, 1.165) is 36.4 Å². The van der Waals surface area contributed by atoms with Gasteiger partial charge in [-0.2, -0.15) is 0 Å². The zero-order valence-corrected chi connectivity index (χ0v) is 17.8. The maximum atomic E-state index is 13.1. The first kappa shape index (κ1) is 19.4. The fraction of sp³-hybridized carbons (Fsp3) is 0.375. The van der Waals surface area contributed by atoms with Crippen LogP contribution in [0.25, 0.3) is 33.4 Å². The van der Waals surface area contributed by atoms with Crippen molar-refractivity contribution in [3.63, 3.8) is 0 Å². The average Bonchev–Trinajstić information content (AvgIpc) is 3.36. The molecule has 1 aliphatic carbocycles. The van der Waals surface area contributed by atoms with Crippen LogP contribution < -0.4 is 10.2 Å². The van der Waals surface area contributed by atoms with Crippen LogP contribution in [0.3, 0.4) is 0 Å². The standard InChI is InChI=1S/C24H24FN5O2/c1-13-26-21-11-22(31)17(10-23(21)32-13)18-2-3-20-19(28-18)4-5-24(29-20)30-7-6-15(12-30)27-16-8-14(25)9-16/h2-5,10-11,14-16,27,31H,6-9,12H2,1H3/t14?,15-,16?/m0/s1. The number of benzene rings is 1. The topological polar surface area (TPSA) is 87.3 Å². The van der Waals surface area contributed by atoms with Gasteiger partial charge in [-0.05, 0) is 49.6 Å². The summed E-state index contributed by atoms with van der Waals surface area (Å²) in [5, 5.41) is 14.1. The Labute approximate surface area is 184 Å². The molecule has 0 bridgehead atoms. The summed E-state index contributed by atoms with van der Waals surface area (Å²) in [5.74, 6) is 1.59. The molecule has 7 nitrogen and oxygen atoms in total. The Morgan fingerprint density at radius 3 is 2.69 bits per heavy atom. The first-order valence-electron chi connectivity index (χ1n) is 11.1. The molecule has 2 N–H and O–H groups in total. The molecule has 4 aromatic rings. The molecule has 2 fully saturated rings. The number of fused-ring (bicyclic) bond motifs is 2. The second kappa shape index (κ2) is 7.41. The predicted molar refractivity (Wildman–Crippen MR) is 121 cm³/mol. The van der Waals surface area contributed by atoms with Gasteiger partial charge in [0.1, 0.15) is 23.3 Å². The van der Waals surface area contributed by atoms with Crippen molar-refractivity contribution in [1.82, 2.24) is 20.3 Å². The van der Waals surface area contributed by atoms with Crippen molar-refractivity contribution in [1.29, 1.82) is 0 Å². The van der Waals surface area contributed by atoms with E-state index in [1.54, 1.807) is 19.1 Å².